The molecule has 1 aromatic rings. The molecule has 0 radical (unpaired) electrons. The Bertz CT molecular complexity index is 406. The van der Waals surface area contributed by atoms with Crippen molar-refractivity contribution in [3.63, 3.8) is 0 Å². The number of carbonyl (C=O) groups is 3. The summed E-state index contributed by atoms with van der Waals surface area (Å²) in [5.41, 5.74) is 0. The Morgan fingerprint density at radius 3 is 1.83 bits per heavy atom. The molecule has 0 bridgehead atoms. The molecular formula is C9H11NO7S. The van der Waals surface area contributed by atoms with Crippen LogP contribution in [-0.4, -0.2) is 33.4 Å². The number of nitrogens with zero attached hydrogens (tertiary/aromatic N) is 1. The summed E-state index contributed by atoms with van der Waals surface area (Å²) in [5, 5.41) is 24.9. The van der Waals surface area contributed by atoms with E-state index in [1.807, 2.05) is 0 Å². The van der Waals surface area contributed by atoms with Crippen LogP contribution in [0.3, 0.4) is 0 Å². The minimum atomic E-state index is -0.833. The lowest BCUT2D eigenvalue weighted by Gasteiger charge is -1.77. The van der Waals surface area contributed by atoms with Gasteiger partial charge in [0.15, 0.2) is 6.29 Å². The normalized spacial score (nSPS) is 7.89. The van der Waals surface area contributed by atoms with Gasteiger partial charge in [-0.1, -0.05) is 11.3 Å². The maximum absolute atomic E-state index is 10.0. The van der Waals surface area contributed by atoms with Crippen LogP contribution in [0.5, 0.6) is 0 Å². The van der Waals surface area contributed by atoms with Crippen LogP contribution in [-0.2, 0) is 9.59 Å². The highest BCUT2D eigenvalue weighted by Gasteiger charge is 2.07. The van der Waals surface area contributed by atoms with Crippen molar-refractivity contribution in [3.05, 3.63) is 27.1 Å². The smallest absolute Gasteiger partial charge is 0.324 e. The lowest BCUT2D eigenvalue weighted by molar-refractivity contribution is -0.380. The summed E-state index contributed by atoms with van der Waals surface area (Å²) in [5.74, 6) is -1.67. The number of hydrogen-bond acceptors (Lipinski definition) is 6. The van der Waals surface area contributed by atoms with E-state index in [0.29, 0.717) is 11.2 Å². The molecule has 1 rings (SSSR count). The summed E-state index contributed by atoms with van der Waals surface area (Å²) >= 11 is 0.874. The highest BCUT2D eigenvalue weighted by molar-refractivity contribution is 7.16. The molecule has 9 heteroatoms. The minimum absolute atomic E-state index is 0.00194. The van der Waals surface area contributed by atoms with Gasteiger partial charge in [0.25, 0.3) is 11.9 Å². The van der Waals surface area contributed by atoms with Crippen molar-refractivity contribution >= 4 is 34.6 Å². The van der Waals surface area contributed by atoms with Gasteiger partial charge < -0.3 is 10.2 Å². The third kappa shape index (κ3) is 13.7. The van der Waals surface area contributed by atoms with Gasteiger partial charge in [-0.15, -0.1) is 0 Å². The van der Waals surface area contributed by atoms with Crippen molar-refractivity contribution in [2.75, 3.05) is 0 Å². The molecule has 1 heterocycles. The van der Waals surface area contributed by atoms with Gasteiger partial charge in [-0.05, 0) is 6.07 Å². The van der Waals surface area contributed by atoms with E-state index in [1.165, 1.54) is 12.1 Å². The Labute approximate surface area is 106 Å². The van der Waals surface area contributed by atoms with Crippen molar-refractivity contribution in [2.45, 2.75) is 13.8 Å². The van der Waals surface area contributed by atoms with Crippen LogP contribution < -0.4 is 0 Å². The van der Waals surface area contributed by atoms with E-state index < -0.39 is 16.9 Å². The van der Waals surface area contributed by atoms with E-state index in [4.69, 9.17) is 19.8 Å². The molecule has 1 aromatic heterocycles. The molecule has 0 spiro atoms. The fourth-order valence-corrected chi connectivity index (χ4v) is 1.14. The van der Waals surface area contributed by atoms with Crippen LogP contribution >= 0.6 is 11.3 Å². The number of rotatable bonds is 2. The van der Waals surface area contributed by atoms with E-state index >= 15 is 0 Å². The van der Waals surface area contributed by atoms with E-state index in [0.717, 1.165) is 25.2 Å². The Morgan fingerprint density at radius 2 is 1.67 bits per heavy atom. The van der Waals surface area contributed by atoms with Crippen LogP contribution in [0.25, 0.3) is 0 Å². The predicted octanol–water partition coefficient (Wildman–Crippen LogP) is 1.65. The summed E-state index contributed by atoms with van der Waals surface area (Å²) in [7, 11) is 0. The van der Waals surface area contributed by atoms with Crippen LogP contribution in [0.1, 0.15) is 23.5 Å². The van der Waals surface area contributed by atoms with E-state index in [9.17, 15) is 14.9 Å². The first kappa shape index (κ1) is 18.1. The first-order chi connectivity index (χ1) is 8.20. The third-order valence-electron chi connectivity index (χ3n) is 0.909. The molecule has 0 atom stereocenters. The summed E-state index contributed by atoms with van der Waals surface area (Å²) < 4.78 is 0. The van der Waals surface area contributed by atoms with Crippen LogP contribution in [0.2, 0.25) is 0 Å². The van der Waals surface area contributed by atoms with Gasteiger partial charge in [0, 0.05) is 19.9 Å². The van der Waals surface area contributed by atoms with Crippen molar-refractivity contribution < 1.29 is 29.5 Å². The molecular weight excluding hydrogens is 266 g/mol. The Kier molecular flexibility index (Phi) is 9.95. The fourth-order valence-electron chi connectivity index (χ4n) is 0.504. The van der Waals surface area contributed by atoms with Crippen molar-refractivity contribution in [3.8, 4) is 0 Å². The van der Waals surface area contributed by atoms with Crippen molar-refractivity contribution in [1.82, 2.24) is 0 Å². The van der Waals surface area contributed by atoms with Gasteiger partial charge in [0.1, 0.15) is 0 Å². The molecule has 2 N–H and O–H groups in total. The van der Waals surface area contributed by atoms with Crippen LogP contribution in [0.4, 0.5) is 5.00 Å². The molecule has 0 aliphatic heterocycles. The first-order valence-electron chi connectivity index (χ1n) is 4.29. The molecule has 0 saturated carbocycles. The van der Waals surface area contributed by atoms with Gasteiger partial charge in [0.05, 0.1) is 9.80 Å². The lowest BCUT2D eigenvalue weighted by Crippen LogP contribution is -1.80. The van der Waals surface area contributed by atoms with Crippen molar-refractivity contribution in [2.24, 2.45) is 0 Å². The number of nitro groups is 1. The SMILES string of the molecule is CC(=O)O.CC(=O)O.O=Cc1ccc([N+](=O)[O-])s1. The van der Waals surface area contributed by atoms with E-state index in [-0.39, 0.29) is 5.00 Å². The summed E-state index contributed by atoms with van der Waals surface area (Å²) in [6.45, 7) is 2.17. The van der Waals surface area contributed by atoms with Crippen LogP contribution in [0.15, 0.2) is 12.1 Å². The topological polar surface area (TPSA) is 135 Å². The number of aldehydes is 1. The average molecular weight is 277 g/mol. The van der Waals surface area contributed by atoms with E-state index in [1.54, 1.807) is 0 Å². The molecule has 0 aromatic carbocycles. The number of carboxylic acids is 2. The standard InChI is InChI=1S/C5H3NO3S.2C2H4O2/c7-3-4-1-2-5(10-4)6(8)9;2*1-2(3)4/h1-3H;2*1H3,(H,3,4). The molecule has 18 heavy (non-hydrogen) atoms. The zero-order valence-electron chi connectivity index (χ0n) is 9.52. The number of thiophene rings is 1. The molecule has 100 valence electrons. The quantitative estimate of drug-likeness (QED) is 0.476. The van der Waals surface area contributed by atoms with Gasteiger partial charge in [-0.25, -0.2) is 0 Å². The van der Waals surface area contributed by atoms with Gasteiger partial charge >= 0.3 is 5.00 Å². The molecule has 0 amide bonds. The average Bonchev–Trinajstić information content (AvgIpc) is 2.63. The zero-order valence-corrected chi connectivity index (χ0v) is 10.3. The van der Waals surface area contributed by atoms with Crippen LogP contribution in [0, 0.1) is 10.1 Å². The lowest BCUT2D eigenvalue weighted by atomic mass is 10.5. The monoisotopic (exact) mass is 277 g/mol. The second-order valence-electron chi connectivity index (χ2n) is 2.59. The number of carboxylic acid groups (broad SMARTS) is 2. The third-order valence-corrected chi connectivity index (χ3v) is 1.87. The maximum atomic E-state index is 10.0. The Morgan fingerprint density at radius 1 is 1.28 bits per heavy atom. The largest absolute Gasteiger partial charge is 0.481 e. The maximum Gasteiger partial charge on any atom is 0.324 e. The molecule has 0 aliphatic rings. The second kappa shape index (κ2) is 9.90. The number of hydrogen-bond donors (Lipinski definition) is 2. The van der Waals surface area contributed by atoms with Gasteiger partial charge in [-0.2, -0.15) is 0 Å². The van der Waals surface area contributed by atoms with Gasteiger partial charge in [0.2, 0.25) is 0 Å². The molecule has 0 saturated heterocycles. The second-order valence-corrected chi connectivity index (χ2v) is 3.68. The predicted molar refractivity (Wildman–Crippen MR) is 63.0 cm³/mol. The van der Waals surface area contributed by atoms with E-state index in [2.05, 4.69) is 0 Å². The first-order valence-corrected chi connectivity index (χ1v) is 5.10. The highest BCUT2D eigenvalue weighted by atomic mass is 32.1. The summed E-state index contributed by atoms with van der Waals surface area (Å²) in [6, 6.07) is 2.74. The Balaban J connectivity index is 0. The van der Waals surface area contributed by atoms with Crippen molar-refractivity contribution in [1.29, 1.82) is 0 Å². The Hall–Kier alpha value is -2.29. The highest BCUT2D eigenvalue weighted by Crippen LogP contribution is 2.21. The molecule has 0 fully saturated rings. The minimum Gasteiger partial charge on any atom is -0.481 e. The molecule has 0 unspecified atom stereocenters. The zero-order chi connectivity index (χ0) is 14.7. The fraction of sp³-hybridized carbons (Fsp3) is 0.222. The molecule has 8 nitrogen and oxygen atoms in total. The number of carbonyl (C=O) groups excluding carboxylic acids is 1. The summed E-state index contributed by atoms with van der Waals surface area (Å²) in [4.78, 5) is 37.9. The summed E-state index contributed by atoms with van der Waals surface area (Å²) in [6.07, 6.45) is 0.595. The number of aliphatic carboxylic acids is 2. The van der Waals surface area contributed by atoms with Gasteiger partial charge in [-0.3, -0.25) is 24.5 Å². The molecule has 0 aliphatic carbocycles.